The highest BCUT2D eigenvalue weighted by Crippen LogP contribution is 2.33. The van der Waals surface area contributed by atoms with Crippen LogP contribution in [0.25, 0.3) is 0 Å². The highest BCUT2D eigenvalue weighted by Gasteiger charge is 2.35. The van der Waals surface area contributed by atoms with E-state index in [1.807, 2.05) is 0 Å². The molecule has 1 amide bonds. The Labute approximate surface area is 146 Å². The highest BCUT2D eigenvalue weighted by atomic mass is 35.5. The summed E-state index contributed by atoms with van der Waals surface area (Å²) >= 11 is 0. The van der Waals surface area contributed by atoms with Gasteiger partial charge in [-0.2, -0.15) is 13.2 Å². The first kappa shape index (κ1) is 20.8. The molecule has 1 saturated heterocycles. The number of alkyl halides is 3. The fourth-order valence-electron chi connectivity index (χ4n) is 2.84. The lowest BCUT2D eigenvalue weighted by Gasteiger charge is -2.32. The van der Waals surface area contributed by atoms with Gasteiger partial charge in [0.2, 0.25) is 5.91 Å². The minimum Gasteiger partial charge on any atom is -0.353 e. The molecule has 7 heteroatoms. The van der Waals surface area contributed by atoms with Gasteiger partial charge in [-0.3, -0.25) is 4.79 Å². The van der Waals surface area contributed by atoms with Crippen molar-refractivity contribution in [3.8, 4) is 0 Å². The van der Waals surface area contributed by atoms with Crippen LogP contribution in [-0.4, -0.2) is 24.5 Å². The van der Waals surface area contributed by atoms with Gasteiger partial charge in [0.1, 0.15) is 0 Å². The third-order valence-electron chi connectivity index (χ3n) is 4.44. The van der Waals surface area contributed by atoms with Crippen LogP contribution in [-0.2, 0) is 16.4 Å². The van der Waals surface area contributed by atoms with Gasteiger partial charge in [0.05, 0.1) is 11.0 Å². The number of rotatable bonds is 3. The Morgan fingerprint density at radius 2 is 1.88 bits per heavy atom. The lowest BCUT2D eigenvalue weighted by molar-refractivity contribution is -0.138. The maximum absolute atomic E-state index is 12.9. The van der Waals surface area contributed by atoms with Crippen molar-refractivity contribution in [1.29, 1.82) is 0 Å². The molecule has 2 rings (SSSR count). The molecule has 24 heavy (non-hydrogen) atoms. The number of piperidine rings is 1. The maximum atomic E-state index is 12.9. The highest BCUT2D eigenvalue weighted by molar-refractivity contribution is 5.87. The third-order valence-corrected chi connectivity index (χ3v) is 4.44. The van der Waals surface area contributed by atoms with E-state index in [0.717, 1.165) is 31.5 Å². The fourth-order valence-corrected chi connectivity index (χ4v) is 2.84. The van der Waals surface area contributed by atoms with Crippen molar-refractivity contribution in [2.45, 2.75) is 57.3 Å². The number of hydrogen-bond acceptors (Lipinski definition) is 2. The van der Waals surface area contributed by atoms with Crippen LogP contribution in [0.5, 0.6) is 0 Å². The Kier molecular flexibility index (Phi) is 6.70. The SMILES string of the molecule is CC1CC(NC(=O)C(C)(C)c2cccc(C(F)(F)F)c2)CCN1.Cl. The monoisotopic (exact) mass is 364 g/mol. The first-order valence-electron chi connectivity index (χ1n) is 7.83. The van der Waals surface area contributed by atoms with Crippen LogP contribution in [0.15, 0.2) is 24.3 Å². The smallest absolute Gasteiger partial charge is 0.353 e. The molecule has 2 unspecified atom stereocenters. The van der Waals surface area contributed by atoms with Crippen LogP contribution in [0.2, 0.25) is 0 Å². The predicted octanol–water partition coefficient (Wildman–Crippen LogP) is 3.66. The van der Waals surface area contributed by atoms with E-state index < -0.39 is 17.2 Å². The van der Waals surface area contributed by atoms with E-state index in [9.17, 15) is 18.0 Å². The molecule has 1 fully saturated rings. The van der Waals surface area contributed by atoms with E-state index in [4.69, 9.17) is 0 Å². The molecular formula is C17H24ClF3N2O. The van der Waals surface area contributed by atoms with E-state index in [-0.39, 0.29) is 24.4 Å². The largest absolute Gasteiger partial charge is 0.416 e. The van der Waals surface area contributed by atoms with Gasteiger partial charge in [-0.05, 0) is 51.8 Å². The molecule has 0 aromatic heterocycles. The summed E-state index contributed by atoms with van der Waals surface area (Å²) in [6.07, 6.45) is -2.76. The average Bonchev–Trinajstić information content (AvgIpc) is 2.46. The van der Waals surface area contributed by atoms with E-state index >= 15 is 0 Å². The van der Waals surface area contributed by atoms with Crippen molar-refractivity contribution in [3.05, 3.63) is 35.4 Å². The van der Waals surface area contributed by atoms with E-state index in [2.05, 4.69) is 17.6 Å². The molecule has 1 aromatic rings. The normalized spacial score (nSPS) is 21.8. The number of hydrogen-bond donors (Lipinski definition) is 2. The summed E-state index contributed by atoms with van der Waals surface area (Å²) in [6.45, 7) is 6.19. The minimum atomic E-state index is -4.41. The molecule has 136 valence electrons. The Balaban J connectivity index is 0.00000288. The number of carbonyl (C=O) groups is 1. The molecule has 0 aliphatic carbocycles. The van der Waals surface area contributed by atoms with Gasteiger partial charge < -0.3 is 10.6 Å². The summed E-state index contributed by atoms with van der Waals surface area (Å²) in [6, 6.07) is 5.38. The summed E-state index contributed by atoms with van der Waals surface area (Å²) in [5.74, 6) is -0.240. The summed E-state index contributed by atoms with van der Waals surface area (Å²) in [7, 11) is 0. The number of halogens is 4. The van der Waals surface area contributed by atoms with Crippen LogP contribution in [0, 0.1) is 0 Å². The number of amides is 1. The molecule has 3 nitrogen and oxygen atoms in total. The summed E-state index contributed by atoms with van der Waals surface area (Å²) in [5.41, 5.74) is -1.38. The van der Waals surface area contributed by atoms with Crippen LogP contribution in [0.4, 0.5) is 13.2 Å². The van der Waals surface area contributed by atoms with Crippen LogP contribution in [0.3, 0.4) is 0 Å². The fraction of sp³-hybridized carbons (Fsp3) is 0.588. The zero-order chi connectivity index (χ0) is 17.3. The Morgan fingerprint density at radius 1 is 1.25 bits per heavy atom. The first-order chi connectivity index (χ1) is 10.6. The molecule has 0 bridgehead atoms. The lowest BCUT2D eigenvalue weighted by Crippen LogP contribution is -2.50. The van der Waals surface area contributed by atoms with Gasteiger partial charge in [-0.15, -0.1) is 12.4 Å². The second-order valence-electron chi connectivity index (χ2n) is 6.75. The molecule has 0 spiro atoms. The topological polar surface area (TPSA) is 41.1 Å². The van der Waals surface area contributed by atoms with Crippen LogP contribution < -0.4 is 10.6 Å². The van der Waals surface area contributed by atoms with Crippen molar-refractivity contribution in [1.82, 2.24) is 10.6 Å². The first-order valence-corrected chi connectivity index (χ1v) is 7.83. The Morgan fingerprint density at radius 3 is 2.46 bits per heavy atom. The number of carbonyl (C=O) groups excluding carboxylic acids is 1. The second kappa shape index (κ2) is 7.74. The predicted molar refractivity (Wildman–Crippen MR) is 90.3 cm³/mol. The van der Waals surface area contributed by atoms with Crippen molar-refractivity contribution in [3.63, 3.8) is 0 Å². The van der Waals surface area contributed by atoms with E-state index in [1.165, 1.54) is 6.07 Å². The van der Waals surface area contributed by atoms with Crippen LogP contribution >= 0.6 is 12.4 Å². The van der Waals surface area contributed by atoms with Crippen molar-refractivity contribution in [2.24, 2.45) is 0 Å². The zero-order valence-corrected chi connectivity index (χ0v) is 14.9. The Bertz CT molecular complexity index is 575. The molecule has 1 aliphatic rings. The molecule has 0 saturated carbocycles. The molecule has 1 aliphatic heterocycles. The van der Waals surface area contributed by atoms with Crippen molar-refractivity contribution in [2.75, 3.05) is 6.54 Å². The molecule has 1 heterocycles. The van der Waals surface area contributed by atoms with Gasteiger partial charge in [0.25, 0.3) is 0 Å². The second-order valence-corrected chi connectivity index (χ2v) is 6.75. The molecular weight excluding hydrogens is 341 g/mol. The molecule has 2 atom stereocenters. The van der Waals surface area contributed by atoms with Gasteiger partial charge in [-0.25, -0.2) is 0 Å². The number of nitrogens with one attached hydrogen (secondary N) is 2. The minimum absolute atomic E-state index is 0. The zero-order valence-electron chi connectivity index (χ0n) is 14.0. The van der Waals surface area contributed by atoms with Crippen LogP contribution in [0.1, 0.15) is 44.7 Å². The van der Waals surface area contributed by atoms with Gasteiger partial charge in [0.15, 0.2) is 0 Å². The van der Waals surface area contributed by atoms with Crippen molar-refractivity contribution < 1.29 is 18.0 Å². The summed E-state index contributed by atoms with van der Waals surface area (Å²) in [5, 5.41) is 6.29. The maximum Gasteiger partial charge on any atom is 0.416 e. The third kappa shape index (κ3) is 4.86. The quantitative estimate of drug-likeness (QED) is 0.859. The van der Waals surface area contributed by atoms with Crippen molar-refractivity contribution >= 4 is 18.3 Å². The number of benzene rings is 1. The standard InChI is InChI=1S/C17H23F3N2O.ClH/c1-11-9-14(7-8-21-11)22-15(23)16(2,3)12-5-4-6-13(10-12)17(18,19)20;/h4-6,10-11,14,21H,7-9H2,1-3H3,(H,22,23);1H. The molecule has 2 N–H and O–H groups in total. The Hall–Kier alpha value is -1.27. The molecule has 1 aromatic carbocycles. The molecule has 0 radical (unpaired) electrons. The lowest BCUT2D eigenvalue weighted by atomic mass is 9.82. The summed E-state index contributed by atoms with van der Waals surface area (Å²) in [4.78, 5) is 12.6. The van der Waals surface area contributed by atoms with E-state index in [0.29, 0.717) is 11.6 Å². The summed E-state index contributed by atoms with van der Waals surface area (Å²) < 4.78 is 38.6. The average molecular weight is 365 g/mol. The van der Waals surface area contributed by atoms with Gasteiger partial charge in [0, 0.05) is 12.1 Å². The van der Waals surface area contributed by atoms with Gasteiger partial charge in [-0.1, -0.05) is 18.2 Å². The van der Waals surface area contributed by atoms with Gasteiger partial charge >= 0.3 is 6.18 Å². The van der Waals surface area contributed by atoms with E-state index in [1.54, 1.807) is 19.9 Å².